The molecule has 0 fully saturated rings. The molecule has 6 nitrogen and oxygen atoms in total. The van der Waals surface area contributed by atoms with Gasteiger partial charge >= 0.3 is 0 Å². The van der Waals surface area contributed by atoms with E-state index in [1.165, 1.54) is 0 Å². The van der Waals surface area contributed by atoms with Crippen molar-refractivity contribution in [2.75, 3.05) is 19.0 Å². The number of hydrogen-bond acceptors (Lipinski definition) is 5. The van der Waals surface area contributed by atoms with Crippen LogP contribution < -0.4 is 15.4 Å². The molecule has 28 heavy (non-hydrogen) atoms. The fourth-order valence-electron chi connectivity index (χ4n) is 2.68. The van der Waals surface area contributed by atoms with Crippen LogP contribution in [0, 0.1) is 6.92 Å². The van der Waals surface area contributed by atoms with E-state index in [-0.39, 0.29) is 5.91 Å². The molecule has 0 aliphatic rings. The summed E-state index contributed by atoms with van der Waals surface area (Å²) in [5.41, 5.74) is 2.84. The molecule has 0 saturated heterocycles. The largest absolute Gasteiger partial charge is 0.497 e. The molecule has 1 heterocycles. The number of benzene rings is 2. The van der Waals surface area contributed by atoms with Crippen molar-refractivity contribution in [2.45, 2.75) is 13.3 Å². The standard InChI is InChI=1S/C21H21ClN4O2/c1-14-11-19(26-21(24-14)25-17-7-4-6-16(22)13-17)20(27)23-10-9-15-5-3-8-18(12-15)28-2/h3-8,11-13H,9-10H2,1-2H3,(H,23,27)(H,24,25,26). The smallest absolute Gasteiger partial charge is 0.270 e. The number of carbonyl (C=O) groups is 1. The zero-order valence-corrected chi connectivity index (χ0v) is 16.5. The number of amides is 1. The summed E-state index contributed by atoms with van der Waals surface area (Å²) < 4.78 is 5.21. The highest BCUT2D eigenvalue weighted by Gasteiger charge is 2.11. The van der Waals surface area contributed by atoms with Gasteiger partial charge < -0.3 is 15.4 Å². The Labute approximate surface area is 168 Å². The van der Waals surface area contributed by atoms with Crippen molar-refractivity contribution >= 4 is 29.1 Å². The van der Waals surface area contributed by atoms with Crippen LogP contribution in [0.3, 0.4) is 0 Å². The van der Waals surface area contributed by atoms with E-state index >= 15 is 0 Å². The summed E-state index contributed by atoms with van der Waals surface area (Å²) in [5, 5.41) is 6.57. The van der Waals surface area contributed by atoms with E-state index in [4.69, 9.17) is 16.3 Å². The van der Waals surface area contributed by atoms with Gasteiger partial charge in [0.1, 0.15) is 11.4 Å². The van der Waals surface area contributed by atoms with E-state index in [0.29, 0.717) is 35.3 Å². The molecule has 2 N–H and O–H groups in total. The molecule has 0 saturated carbocycles. The first-order valence-corrected chi connectivity index (χ1v) is 9.21. The summed E-state index contributed by atoms with van der Waals surface area (Å²) >= 11 is 6.00. The van der Waals surface area contributed by atoms with Crippen LogP contribution in [-0.2, 0) is 6.42 Å². The van der Waals surface area contributed by atoms with Crippen molar-refractivity contribution in [3.05, 3.63) is 76.6 Å². The number of aryl methyl sites for hydroxylation is 1. The molecule has 3 rings (SSSR count). The molecule has 0 aliphatic heterocycles. The van der Waals surface area contributed by atoms with Gasteiger partial charge in [-0.15, -0.1) is 0 Å². The lowest BCUT2D eigenvalue weighted by atomic mass is 10.1. The summed E-state index contributed by atoms with van der Waals surface area (Å²) in [4.78, 5) is 21.1. The van der Waals surface area contributed by atoms with Crippen LogP contribution >= 0.6 is 11.6 Å². The lowest BCUT2D eigenvalue weighted by molar-refractivity contribution is 0.0949. The fourth-order valence-corrected chi connectivity index (χ4v) is 2.87. The normalized spacial score (nSPS) is 10.4. The van der Waals surface area contributed by atoms with Crippen molar-refractivity contribution in [1.82, 2.24) is 15.3 Å². The van der Waals surface area contributed by atoms with Gasteiger partial charge in [-0.2, -0.15) is 0 Å². The number of nitrogens with zero attached hydrogens (tertiary/aromatic N) is 2. The van der Waals surface area contributed by atoms with Gasteiger partial charge in [-0.05, 0) is 55.3 Å². The molecule has 1 aromatic heterocycles. The molecule has 0 aliphatic carbocycles. The summed E-state index contributed by atoms with van der Waals surface area (Å²) in [6.07, 6.45) is 0.695. The number of halogens is 1. The van der Waals surface area contributed by atoms with Gasteiger partial charge in [-0.25, -0.2) is 9.97 Å². The molecule has 0 bridgehead atoms. The molecule has 0 atom stereocenters. The van der Waals surface area contributed by atoms with Crippen LogP contribution in [0.2, 0.25) is 5.02 Å². The van der Waals surface area contributed by atoms with Gasteiger partial charge in [0.2, 0.25) is 5.95 Å². The lowest BCUT2D eigenvalue weighted by Crippen LogP contribution is -2.27. The third kappa shape index (κ3) is 5.44. The summed E-state index contributed by atoms with van der Waals surface area (Å²) in [5.74, 6) is 0.898. The summed E-state index contributed by atoms with van der Waals surface area (Å²) in [6, 6.07) is 16.6. The molecule has 144 valence electrons. The Hall–Kier alpha value is -3.12. The maximum absolute atomic E-state index is 12.5. The Kier molecular flexibility index (Phi) is 6.45. The number of ether oxygens (including phenoxy) is 1. The topological polar surface area (TPSA) is 76.1 Å². The van der Waals surface area contributed by atoms with Crippen molar-refractivity contribution in [3.8, 4) is 5.75 Å². The lowest BCUT2D eigenvalue weighted by Gasteiger charge is -2.09. The first kappa shape index (κ1) is 19.6. The number of rotatable bonds is 7. The van der Waals surface area contributed by atoms with Crippen LogP contribution in [0.25, 0.3) is 0 Å². The second kappa shape index (κ2) is 9.19. The van der Waals surface area contributed by atoms with Crippen molar-refractivity contribution in [2.24, 2.45) is 0 Å². The minimum Gasteiger partial charge on any atom is -0.497 e. The Bertz CT molecular complexity index is 978. The van der Waals surface area contributed by atoms with E-state index in [1.807, 2.05) is 43.3 Å². The highest BCUT2D eigenvalue weighted by atomic mass is 35.5. The van der Waals surface area contributed by atoms with Crippen molar-refractivity contribution in [1.29, 1.82) is 0 Å². The third-order valence-electron chi connectivity index (χ3n) is 4.00. The number of anilines is 2. The van der Waals surface area contributed by atoms with Crippen LogP contribution in [-0.4, -0.2) is 29.5 Å². The monoisotopic (exact) mass is 396 g/mol. The molecule has 0 unspecified atom stereocenters. The highest BCUT2D eigenvalue weighted by Crippen LogP contribution is 2.18. The number of aromatic nitrogens is 2. The predicted molar refractivity (Wildman–Crippen MR) is 111 cm³/mol. The molecular weight excluding hydrogens is 376 g/mol. The highest BCUT2D eigenvalue weighted by molar-refractivity contribution is 6.30. The minimum atomic E-state index is -0.248. The van der Waals surface area contributed by atoms with Gasteiger partial charge in [0.05, 0.1) is 7.11 Å². The SMILES string of the molecule is COc1cccc(CCNC(=O)c2cc(C)nc(Nc3cccc(Cl)c3)n2)c1. The summed E-state index contributed by atoms with van der Waals surface area (Å²) in [7, 11) is 1.63. The Balaban J connectivity index is 1.63. The first-order chi connectivity index (χ1) is 13.5. The second-order valence-corrected chi connectivity index (χ2v) is 6.65. The Morgan fingerprint density at radius 3 is 2.71 bits per heavy atom. The van der Waals surface area contributed by atoms with Gasteiger partial charge in [-0.1, -0.05) is 29.8 Å². The van der Waals surface area contributed by atoms with Gasteiger partial charge in [0.25, 0.3) is 5.91 Å². The van der Waals surface area contributed by atoms with Crippen molar-refractivity contribution in [3.63, 3.8) is 0 Å². The minimum absolute atomic E-state index is 0.248. The molecule has 1 amide bonds. The van der Waals surface area contributed by atoms with Crippen LogP contribution in [0.4, 0.5) is 11.6 Å². The van der Waals surface area contributed by atoms with Crippen LogP contribution in [0.15, 0.2) is 54.6 Å². The Morgan fingerprint density at radius 2 is 1.93 bits per heavy atom. The number of methoxy groups -OCH3 is 1. The average molecular weight is 397 g/mol. The Morgan fingerprint density at radius 1 is 1.11 bits per heavy atom. The predicted octanol–water partition coefficient (Wildman–Crippen LogP) is 4.16. The number of nitrogens with one attached hydrogen (secondary N) is 2. The molecule has 0 radical (unpaired) electrons. The number of carbonyl (C=O) groups excluding carboxylic acids is 1. The summed E-state index contributed by atoms with van der Waals surface area (Å²) in [6.45, 7) is 2.31. The fraction of sp³-hybridized carbons (Fsp3) is 0.190. The second-order valence-electron chi connectivity index (χ2n) is 6.21. The van der Waals surface area contributed by atoms with E-state index in [9.17, 15) is 4.79 Å². The van der Waals surface area contributed by atoms with Gasteiger partial charge in [0, 0.05) is 22.9 Å². The van der Waals surface area contributed by atoms with E-state index < -0.39 is 0 Å². The van der Waals surface area contributed by atoms with Crippen molar-refractivity contribution < 1.29 is 9.53 Å². The zero-order valence-electron chi connectivity index (χ0n) is 15.7. The average Bonchev–Trinajstić information content (AvgIpc) is 2.67. The van der Waals surface area contributed by atoms with Gasteiger partial charge in [-0.3, -0.25) is 4.79 Å². The van der Waals surface area contributed by atoms with Crippen LogP contribution in [0.1, 0.15) is 21.7 Å². The molecule has 3 aromatic rings. The van der Waals surface area contributed by atoms with E-state index in [1.54, 1.807) is 25.3 Å². The number of hydrogen-bond donors (Lipinski definition) is 2. The van der Waals surface area contributed by atoms with Gasteiger partial charge in [0.15, 0.2) is 0 Å². The maximum Gasteiger partial charge on any atom is 0.270 e. The molecule has 0 spiro atoms. The van der Waals surface area contributed by atoms with Crippen LogP contribution in [0.5, 0.6) is 5.75 Å². The molecule has 2 aromatic carbocycles. The van der Waals surface area contributed by atoms with E-state index in [0.717, 1.165) is 17.0 Å². The van der Waals surface area contributed by atoms with E-state index in [2.05, 4.69) is 20.6 Å². The molecular formula is C21H21ClN4O2. The quantitative estimate of drug-likeness (QED) is 0.627. The maximum atomic E-state index is 12.5. The molecule has 7 heteroatoms. The third-order valence-corrected chi connectivity index (χ3v) is 4.24. The zero-order chi connectivity index (χ0) is 19.9. The first-order valence-electron chi connectivity index (χ1n) is 8.83.